The number of nitrogens with zero attached hydrogens (tertiary/aromatic N) is 6. The van der Waals surface area contributed by atoms with Gasteiger partial charge in [-0.3, -0.25) is 9.48 Å². The van der Waals surface area contributed by atoms with Crippen LogP contribution >= 0.6 is 0 Å². The number of amides is 3. The fourth-order valence-electron chi connectivity index (χ4n) is 2.99. The maximum Gasteiger partial charge on any atom is 0.319 e. The predicted molar refractivity (Wildman–Crippen MR) is 89.8 cm³/mol. The lowest BCUT2D eigenvalue weighted by atomic mass is 10.1. The second-order valence-corrected chi connectivity index (χ2v) is 6.26. The van der Waals surface area contributed by atoms with Crippen LogP contribution in [0.4, 0.5) is 4.79 Å². The first-order valence-electron chi connectivity index (χ1n) is 7.93. The van der Waals surface area contributed by atoms with Crippen LogP contribution < -0.4 is 0 Å². The minimum atomic E-state index is -0.0513. The van der Waals surface area contributed by atoms with Gasteiger partial charge in [0.2, 0.25) is 0 Å². The molecule has 1 saturated heterocycles. The molecule has 0 saturated carbocycles. The highest BCUT2D eigenvalue weighted by Crippen LogP contribution is 2.18. The maximum absolute atomic E-state index is 12.7. The van der Waals surface area contributed by atoms with Gasteiger partial charge in [-0.15, -0.1) is 0 Å². The van der Waals surface area contributed by atoms with Gasteiger partial charge in [-0.2, -0.15) is 5.10 Å². The maximum atomic E-state index is 12.7. The lowest BCUT2D eigenvalue weighted by molar-refractivity contribution is 0.0650. The zero-order valence-electron chi connectivity index (χ0n) is 14.5. The minimum absolute atomic E-state index is 0.0174. The zero-order valence-corrected chi connectivity index (χ0v) is 14.5. The molecule has 0 aliphatic carbocycles. The van der Waals surface area contributed by atoms with Crippen molar-refractivity contribution in [3.8, 4) is 0 Å². The molecule has 3 rings (SSSR count). The molecule has 0 spiro atoms. The SMILES string of the molecule is Cc1nn(C)c2ncc(C(=O)N3CCN(C(=O)N(C)C)CC3)cc12. The van der Waals surface area contributed by atoms with Crippen molar-refractivity contribution in [2.24, 2.45) is 7.05 Å². The van der Waals surface area contributed by atoms with Gasteiger partial charge in [-0.25, -0.2) is 9.78 Å². The number of hydrogen-bond donors (Lipinski definition) is 0. The van der Waals surface area contributed by atoms with E-state index in [0.29, 0.717) is 31.7 Å². The first-order valence-corrected chi connectivity index (χ1v) is 7.93. The van der Waals surface area contributed by atoms with Crippen molar-refractivity contribution in [3.05, 3.63) is 23.5 Å². The molecule has 0 N–H and O–H groups in total. The van der Waals surface area contributed by atoms with E-state index in [1.165, 1.54) is 0 Å². The summed E-state index contributed by atoms with van der Waals surface area (Å²) >= 11 is 0. The van der Waals surface area contributed by atoms with Crippen LogP contribution in [0.5, 0.6) is 0 Å². The molecule has 2 aromatic rings. The Labute approximate surface area is 140 Å². The molecule has 0 unspecified atom stereocenters. The summed E-state index contributed by atoms with van der Waals surface area (Å²) in [6.45, 7) is 4.06. The molecule has 0 radical (unpaired) electrons. The first kappa shape index (κ1) is 16.2. The highest BCUT2D eigenvalue weighted by Gasteiger charge is 2.26. The smallest absolute Gasteiger partial charge is 0.319 e. The van der Waals surface area contributed by atoms with E-state index in [4.69, 9.17) is 0 Å². The number of aryl methyl sites for hydroxylation is 2. The summed E-state index contributed by atoms with van der Waals surface area (Å²) < 4.78 is 1.71. The van der Waals surface area contributed by atoms with Crippen molar-refractivity contribution >= 4 is 23.0 Å². The fraction of sp³-hybridized carbons (Fsp3) is 0.500. The fourth-order valence-corrected chi connectivity index (χ4v) is 2.99. The molecular formula is C16H22N6O2. The van der Waals surface area contributed by atoms with Crippen molar-refractivity contribution in [2.75, 3.05) is 40.3 Å². The van der Waals surface area contributed by atoms with Crippen LogP contribution in [0, 0.1) is 6.92 Å². The van der Waals surface area contributed by atoms with Crippen LogP contribution in [-0.4, -0.2) is 81.7 Å². The van der Waals surface area contributed by atoms with E-state index < -0.39 is 0 Å². The standard InChI is InChI=1S/C16H22N6O2/c1-11-13-9-12(10-17-14(13)20(4)18-11)15(23)21-5-7-22(8-6-21)16(24)19(2)3/h9-10H,5-8H2,1-4H3. The van der Waals surface area contributed by atoms with E-state index in [0.717, 1.165) is 16.7 Å². The van der Waals surface area contributed by atoms with Gasteiger partial charge in [-0.1, -0.05) is 0 Å². The molecule has 128 valence electrons. The summed E-state index contributed by atoms with van der Waals surface area (Å²) in [5.41, 5.74) is 2.19. The summed E-state index contributed by atoms with van der Waals surface area (Å²) in [7, 11) is 5.30. The van der Waals surface area contributed by atoms with E-state index in [-0.39, 0.29) is 11.9 Å². The van der Waals surface area contributed by atoms with E-state index in [2.05, 4.69) is 10.1 Å². The second-order valence-electron chi connectivity index (χ2n) is 6.26. The van der Waals surface area contributed by atoms with Gasteiger partial charge in [0, 0.05) is 58.9 Å². The number of piperazine rings is 1. The van der Waals surface area contributed by atoms with Crippen LogP contribution in [0.2, 0.25) is 0 Å². The number of pyridine rings is 1. The Morgan fingerprint density at radius 2 is 1.75 bits per heavy atom. The molecule has 0 bridgehead atoms. The van der Waals surface area contributed by atoms with E-state index >= 15 is 0 Å². The Bertz CT molecular complexity index is 789. The van der Waals surface area contributed by atoms with Crippen LogP contribution in [0.25, 0.3) is 11.0 Å². The zero-order chi connectivity index (χ0) is 17.4. The number of hydrogen-bond acceptors (Lipinski definition) is 4. The highest BCUT2D eigenvalue weighted by molar-refractivity contribution is 5.97. The average Bonchev–Trinajstić information content (AvgIpc) is 2.87. The normalized spacial score (nSPS) is 15.0. The third-order valence-corrected chi connectivity index (χ3v) is 4.33. The van der Waals surface area contributed by atoms with Gasteiger partial charge in [0.25, 0.3) is 5.91 Å². The molecule has 3 heterocycles. The number of rotatable bonds is 1. The molecule has 24 heavy (non-hydrogen) atoms. The van der Waals surface area contributed by atoms with Crippen LogP contribution in [-0.2, 0) is 7.05 Å². The number of fused-ring (bicyclic) bond motifs is 1. The molecule has 0 atom stereocenters. The van der Waals surface area contributed by atoms with Crippen LogP contribution in [0.3, 0.4) is 0 Å². The quantitative estimate of drug-likeness (QED) is 0.772. The van der Waals surface area contributed by atoms with Gasteiger partial charge in [0.15, 0.2) is 5.65 Å². The Morgan fingerprint density at radius 1 is 1.12 bits per heavy atom. The van der Waals surface area contributed by atoms with Crippen molar-refractivity contribution in [3.63, 3.8) is 0 Å². The summed E-state index contributed by atoms with van der Waals surface area (Å²) in [6.07, 6.45) is 1.60. The number of urea groups is 1. The second kappa shape index (κ2) is 6.10. The van der Waals surface area contributed by atoms with Crippen LogP contribution in [0.15, 0.2) is 12.3 Å². The topological polar surface area (TPSA) is 74.6 Å². The third kappa shape index (κ3) is 2.79. The number of carbonyl (C=O) groups excluding carboxylic acids is 2. The lowest BCUT2D eigenvalue weighted by Crippen LogP contribution is -2.52. The molecule has 8 heteroatoms. The van der Waals surface area contributed by atoms with Crippen molar-refractivity contribution in [2.45, 2.75) is 6.92 Å². The molecule has 1 aliphatic heterocycles. The molecule has 1 fully saturated rings. The summed E-state index contributed by atoms with van der Waals surface area (Å²) in [4.78, 5) is 34.1. The summed E-state index contributed by atoms with van der Waals surface area (Å²) in [5.74, 6) is -0.0513. The van der Waals surface area contributed by atoms with Gasteiger partial charge < -0.3 is 14.7 Å². The van der Waals surface area contributed by atoms with E-state index in [1.807, 2.05) is 20.0 Å². The van der Waals surface area contributed by atoms with Gasteiger partial charge in [-0.05, 0) is 13.0 Å². The summed E-state index contributed by atoms with van der Waals surface area (Å²) in [6, 6.07) is 1.83. The molecular weight excluding hydrogens is 308 g/mol. The third-order valence-electron chi connectivity index (χ3n) is 4.33. The van der Waals surface area contributed by atoms with Crippen LogP contribution in [0.1, 0.15) is 16.1 Å². The Hall–Kier alpha value is -2.64. The Balaban J connectivity index is 1.74. The molecule has 0 aromatic carbocycles. The Morgan fingerprint density at radius 3 is 2.38 bits per heavy atom. The summed E-state index contributed by atoms with van der Waals surface area (Å²) in [5, 5.41) is 5.22. The van der Waals surface area contributed by atoms with Gasteiger partial charge in [0.1, 0.15) is 0 Å². The number of aromatic nitrogens is 3. The molecule has 3 amide bonds. The largest absolute Gasteiger partial charge is 0.335 e. The van der Waals surface area contributed by atoms with Gasteiger partial charge in [0.05, 0.1) is 11.3 Å². The van der Waals surface area contributed by atoms with Crippen molar-refractivity contribution in [1.29, 1.82) is 0 Å². The molecule has 1 aliphatic rings. The minimum Gasteiger partial charge on any atom is -0.335 e. The van der Waals surface area contributed by atoms with Gasteiger partial charge >= 0.3 is 6.03 Å². The molecule has 2 aromatic heterocycles. The lowest BCUT2D eigenvalue weighted by Gasteiger charge is -2.35. The van der Waals surface area contributed by atoms with E-state index in [9.17, 15) is 9.59 Å². The molecule has 8 nitrogen and oxygen atoms in total. The average molecular weight is 330 g/mol. The number of carbonyl (C=O) groups is 2. The monoisotopic (exact) mass is 330 g/mol. The van der Waals surface area contributed by atoms with Crippen molar-refractivity contribution in [1.82, 2.24) is 29.5 Å². The Kier molecular flexibility index (Phi) is 4.13. The van der Waals surface area contributed by atoms with E-state index in [1.54, 1.807) is 39.7 Å². The van der Waals surface area contributed by atoms with Crippen molar-refractivity contribution < 1.29 is 9.59 Å². The first-order chi connectivity index (χ1) is 11.4. The highest BCUT2D eigenvalue weighted by atomic mass is 16.2. The predicted octanol–water partition coefficient (Wildman–Crippen LogP) is 0.716.